The Balaban J connectivity index is -0.0000000142. The Kier molecular flexibility index (Phi) is 74.4. The number of aliphatic carboxylic acids is 2. The van der Waals surface area contributed by atoms with Gasteiger partial charge in [-0.2, -0.15) is 14.0 Å². The van der Waals surface area contributed by atoms with Gasteiger partial charge < -0.3 is 45.8 Å². The Morgan fingerprint density at radius 3 is 1.11 bits per heavy atom. The van der Waals surface area contributed by atoms with Crippen LogP contribution in [0.25, 0.3) is 30.8 Å². The van der Waals surface area contributed by atoms with Crippen LogP contribution in [0.2, 0.25) is 0 Å². The molecule has 0 aromatic heterocycles. The molecular formula is C3H14ClCoN5O8-3. The van der Waals surface area contributed by atoms with Gasteiger partial charge in [0.2, 0.25) is 0 Å². The van der Waals surface area contributed by atoms with E-state index in [1.54, 1.807) is 0 Å². The van der Waals surface area contributed by atoms with Crippen molar-refractivity contribution in [1.82, 2.24) is 0 Å². The Hall–Kier alpha value is -0.624. The van der Waals surface area contributed by atoms with E-state index < -0.39 is 28.6 Å². The van der Waals surface area contributed by atoms with Crippen molar-refractivity contribution in [2.45, 2.75) is 6.42 Å². The van der Waals surface area contributed by atoms with Crippen LogP contribution in [0.5, 0.6) is 0 Å². The van der Waals surface area contributed by atoms with Crippen molar-refractivity contribution in [3.63, 3.8) is 0 Å². The van der Waals surface area contributed by atoms with Gasteiger partial charge >= 0.3 is 22.7 Å². The van der Waals surface area contributed by atoms with Gasteiger partial charge in [-0.05, 0) is 0 Å². The smallest absolute Gasteiger partial charge is 0.693 e. The fraction of sp³-hybridized carbons (Fsp3) is 0.333. The predicted molar refractivity (Wildman–Crippen MR) is 45.9 cm³/mol. The van der Waals surface area contributed by atoms with Crippen molar-refractivity contribution in [3.05, 3.63) is 30.8 Å². The number of rotatable bonds is 2. The number of carbonyl (C=O) groups excluding carboxylic acids is 1. The molecule has 13 nitrogen and oxygen atoms in total. The summed E-state index contributed by atoms with van der Waals surface area (Å²) in [7, 11) is -4.69. The van der Waals surface area contributed by atoms with Gasteiger partial charge in [0.1, 0.15) is 0 Å². The molecule has 0 saturated heterocycles. The first kappa shape index (κ1) is 53.0. The Labute approximate surface area is 115 Å². The van der Waals surface area contributed by atoms with Gasteiger partial charge in [0, 0.05) is 0 Å². The van der Waals surface area contributed by atoms with E-state index in [1.165, 1.54) is 0 Å². The number of hydrogen-bond donors (Lipinski definition) is 2. The van der Waals surface area contributed by atoms with Crippen molar-refractivity contribution < 1.29 is 65.5 Å². The average molecular weight is 343 g/mol. The third-order valence-corrected chi connectivity index (χ3v) is 0.296. The maximum absolute atomic E-state index is 9.39. The summed E-state index contributed by atoms with van der Waals surface area (Å²) in [6, 6.07) is 0. The number of carboxylic acids is 2. The summed E-state index contributed by atoms with van der Waals surface area (Å²) in [6.07, 6.45) is -0.917. The zero-order valence-electron chi connectivity index (χ0n) is 8.65. The molecule has 12 N–H and O–H groups in total. The molecule has 0 unspecified atom stereocenters. The number of hydrogen-bond acceptors (Lipinski definition) is 7. The van der Waals surface area contributed by atoms with E-state index >= 15 is 0 Å². The van der Waals surface area contributed by atoms with E-state index in [4.69, 9.17) is 23.7 Å². The molecular weight excluding hydrogens is 328 g/mol. The van der Waals surface area contributed by atoms with Gasteiger partial charge in [0.05, 0.1) is 27.3 Å². The summed E-state index contributed by atoms with van der Waals surface area (Å²) >= 11 is 0. The maximum atomic E-state index is 9.39. The van der Waals surface area contributed by atoms with E-state index in [1.807, 2.05) is 0 Å². The predicted octanol–water partition coefficient (Wildman–Crippen LogP) is -2.33. The van der Waals surface area contributed by atoms with Gasteiger partial charge in [0.15, 0.2) is 0 Å². The van der Waals surface area contributed by atoms with Crippen LogP contribution in [0.1, 0.15) is 6.42 Å². The molecule has 0 aliphatic heterocycles. The molecule has 0 aliphatic rings. The summed E-state index contributed by atoms with van der Waals surface area (Å²) in [5.74, 6) is -2.94. The van der Waals surface area contributed by atoms with Crippen LogP contribution in [0.3, 0.4) is 0 Å². The first-order chi connectivity index (χ1) is 5.13. The zero-order chi connectivity index (χ0) is 10.4. The molecule has 0 aromatic carbocycles. The molecule has 0 fully saturated rings. The first-order valence-electron chi connectivity index (χ1n) is 2.18. The SMILES string of the molecule is O=C([O-])CC(=O)O.[Co+3].[NH2-].[NH2-].[NH2-].[NH2-].[NH2-].[O-][Cl+3]([O-])([O-])O. The Morgan fingerprint density at radius 2 is 1.11 bits per heavy atom. The quantitative estimate of drug-likeness (QED) is 0.510. The van der Waals surface area contributed by atoms with Crippen LogP contribution in [0.15, 0.2) is 0 Å². The zero-order valence-corrected chi connectivity index (χ0v) is 10.4. The summed E-state index contributed by atoms with van der Waals surface area (Å²) in [4.78, 5) is 18.7. The third-order valence-electron chi connectivity index (χ3n) is 0.296. The molecule has 0 amide bonds. The standard InChI is InChI=1S/C3H4O4.ClHO4.Co.5H2N/c4-2(5)1-3(6)7;2-1(3,4)5;;;;;;/h1H2,(H,4,5)(H,6,7);(H,2,3,4,5);;5*1H2/q;;+3;5*-1/p-1. The van der Waals surface area contributed by atoms with E-state index in [0.717, 1.165) is 0 Å². The number of carbonyl (C=O) groups is 2. The molecule has 0 saturated carbocycles. The molecule has 0 aliphatic carbocycles. The molecule has 0 rings (SSSR count). The van der Waals surface area contributed by atoms with Gasteiger partial charge in [-0.1, -0.05) is 0 Å². The van der Waals surface area contributed by atoms with Crippen molar-refractivity contribution >= 4 is 11.9 Å². The van der Waals surface area contributed by atoms with Crippen molar-refractivity contribution in [3.8, 4) is 0 Å². The normalized spacial score (nSPS) is 6.44. The minimum atomic E-state index is -4.69. The van der Waals surface area contributed by atoms with Gasteiger partial charge in [-0.15, -0.1) is 0 Å². The third kappa shape index (κ3) is 279. The van der Waals surface area contributed by atoms with Crippen molar-refractivity contribution in [2.24, 2.45) is 0 Å². The molecule has 0 atom stereocenters. The van der Waals surface area contributed by atoms with Crippen LogP contribution >= 0.6 is 0 Å². The minimum absolute atomic E-state index is 0. The van der Waals surface area contributed by atoms with E-state index in [-0.39, 0.29) is 47.5 Å². The van der Waals surface area contributed by atoms with E-state index in [9.17, 15) is 14.7 Å². The molecule has 0 bridgehead atoms. The summed E-state index contributed by atoms with van der Waals surface area (Å²) in [5.41, 5.74) is 0. The molecule has 0 heterocycles. The second-order valence-corrected chi connectivity index (χ2v) is 2.13. The van der Waals surface area contributed by atoms with E-state index in [2.05, 4.69) is 0 Å². The topological polar surface area (TPSA) is 334 Å². The van der Waals surface area contributed by atoms with Crippen molar-refractivity contribution in [1.29, 1.82) is 0 Å². The second-order valence-electron chi connectivity index (χ2n) is 1.34. The summed E-state index contributed by atoms with van der Waals surface area (Å²) in [6.45, 7) is 0. The Bertz CT molecular complexity index is 161. The monoisotopic (exact) mass is 342 g/mol. The van der Waals surface area contributed by atoms with Crippen LogP contribution < -0.4 is 19.1 Å². The number of carboxylic acid groups (broad SMARTS) is 2. The molecule has 0 aromatic rings. The van der Waals surface area contributed by atoms with Gasteiger partial charge in [0.25, 0.3) is 0 Å². The molecule has 15 heteroatoms. The van der Waals surface area contributed by atoms with Crippen LogP contribution in [-0.2, 0) is 26.4 Å². The van der Waals surface area contributed by atoms with Crippen molar-refractivity contribution in [2.75, 3.05) is 0 Å². The fourth-order valence-corrected chi connectivity index (χ4v) is 0.123. The number of nitrogens with two attached hydrogens (primary N) is 5. The maximum Gasteiger partial charge on any atom is 3.00 e. The fourth-order valence-electron chi connectivity index (χ4n) is 0.123. The first-order valence-corrected chi connectivity index (χ1v) is 3.44. The van der Waals surface area contributed by atoms with E-state index in [0.29, 0.717) is 0 Å². The summed E-state index contributed by atoms with van der Waals surface area (Å²) in [5, 5.41) is 17.0. The molecule has 118 valence electrons. The molecule has 0 radical (unpaired) electrons. The largest absolute Gasteiger partial charge is 3.00 e. The second kappa shape index (κ2) is 25.3. The minimum Gasteiger partial charge on any atom is -0.693 e. The number of halogens is 1. The Morgan fingerprint density at radius 1 is 0.944 bits per heavy atom. The molecule has 18 heavy (non-hydrogen) atoms. The molecule has 0 spiro atoms. The van der Waals surface area contributed by atoms with Gasteiger partial charge in [-0.3, -0.25) is 4.79 Å². The van der Waals surface area contributed by atoms with Gasteiger partial charge in [-0.25, -0.2) is 0 Å². The average Bonchev–Trinajstić information content (AvgIpc) is 1.52. The van der Waals surface area contributed by atoms with Crippen LogP contribution in [0.4, 0.5) is 0 Å². The summed E-state index contributed by atoms with van der Waals surface area (Å²) < 4.78 is 32.7. The van der Waals surface area contributed by atoms with Crippen LogP contribution in [-0.4, -0.2) is 21.7 Å². The van der Waals surface area contributed by atoms with Crippen LogP contribution in [0, 0.1) is 10.2 Å².